The zero-order chi connectivity index (χ0) is 13.3. The summed E-state index contributed by atoms with van der Waals surface area (Å²) in [7, 11) is 1.11. The predicted octanol–water partition coefficient (Wildman–Crippen LogP) is 0.874. The number of ether oxygens (including phenoxy) is 1. The average Bonchev–Trinajstić information content (AvgIpc) is 2.78. The molecular weight excluding hydrogens is 241 g/mol. The Kier molecular flexibility index (Phi) is 3.31. The number of aromatic amines is 1. The maximum Gasteiger partial charge on any atom is 0.337 e. The number of H-pyrrole nitrogens is 1. The second-order valence-electron chi connectivity index (χ2n) is 3.85. The number of aliphatic hydroxyl groups is 2. The van der Waals surface area contributed by atoms with E-state index < -0.39 is 24.0 Å². The molecule has 1 aromatic carbocycles. The number of halogens is 1. The molecule has 2 rings (SSSR count). The largest absolute Gasteiger partial charge is 0.467 e. The predicted molar refractivity (Wildman–Crippen MR) is 61.2 cm³/mol. The number of esters is 1. The fourth-order valence-electron chi connectivity index (χ4n) is 1.79. The minimum absolute atomic E-state index is 0.308. The molecule has 1 heterocycles. The Balaban J connectivity index is 2.39. The van der Waals surface area contributed by atoms with Crippen LogP contribution < -0.4 is 0 Å². The number of carbonyl (C=O) groups excluding carboxylic acids is 1. The quantitative estimate of drug-likeness (QED) is 0.709. The van der Waals surface area contributed by atoms with E-state index in [0.29, 0.717) is 16.5 Å². The standard InChI is InChI=1S/C12H12FNO4/c1-18-12(17)11(16)10(15)8-5-14-9-4-6(13)2-3-7(8)9/h2-5,10-11,14-16H,1H3. The first-order chi connectivity index (χ1) is 8.54. The Morgan fingerprint density at radius 3 is 2.83 bits per heavy atom. The Bertz CT molecular complexity index is 580. The number of hydrogen-bond acceptors (Lipinski definition) is 4. The van der Waals surface area contributed by atoms with Crippen LogP contribution in [-0.2, 0) is 9.53 Å². The molecule has 96 valence electrons. The van der Waals surface area contributed by atoms with Crippen LogP contribution in [0.1, 0.15) is 11.7 Å². The monoisotopic (exact) mass is 253 g/mol. The number of carbonyl (C=O) groups is 1. The summed E-state index contributed by atoms with van der Waals surface area (Å²) in [5.41, 5.74) is 0.781. The van der Waals surface area contributed by atoms with Crippen LogP contribution in [0, 0.1) is 5.82 Å². The van der Waals surface area contributed by atoms with E-state index in [9.17, 15) is 19.4 Å². The first-order valence-electron chi connectivity index (χ1n) is 5.25. The van der Waals surface area contributed by atoms with Gasteiger partial charge in [0.2, 0.25) is 0 Å². The first kappa shape index (κ1) is 12.5. The van der Waals surface area contributed by atoms with Gasteiger partial charge in [0.25, 0.3) is 0 Å². The molecule has 2 unspecified atom stereocenters. The minimum Gasteiger partial charge on any atom is -0.467 e. The highest BCUT2D eigenvalue weighted by atomic mass is 19.1. The molecule has 0 fully saturated rings. The lowest BCUT2D eigenvalue weighted by Crippen LogP contribution is -2.28. The second-order valence-corrected chi connectivity index (χ2v) is 3.85. The fourth-order valence-corrected chi connectivity index (χ4v) is 1.79. The van der Waals surface area contributed by atoms with Gasteiger partial charge in [0.15, 0.2) is 6.10 Å². The molecule has 0 radical (unpaired) electrons. The van der Waals surface area contributed by atoms with Crippen LogP contribution in [-0.4, -0.2) is 34.4 Å². The topological polar surface area (TPSA) is 82.6 Å². The van der Waals surface area contributed by atoms with Crippen LogP contribution in [0.4, 0.5) is 4.39 Å². The van der Waals surface area contributed by atoms with Crippen molar-refractivity contribution in [2.75, 3.05) is 7.11 Å². The van der Waals surface area contributed by atoms with E-state index in [4.69, 9.17) is 0 Å². The summed E-state index contributed by atoms with van der Waals surface area (Å²) in [6.07, 6.45) is -1.70. The molecule has 6 heteroatoms. The van der Waals surface area contributed by atoms with E-state index in [1.54, 1.807) is 0 Å². The van der Waals surface area contributed by atoms with E-state index in [1.165, 1.54) is 24.4 Å². The van der Waals surface area contributed by atoms with Gasteiger partial charge in [0.1, 0.15) is 11.9 Å². The first-order valence-corrected chi connectivity index (χ1v) is 5.25. The van der Waals surface area contributed by atoms with Crippen LogP contribution in [0.5, 0.6) is 0 Å². The van der Waals surface area contributed by atoms with Crippen molar-refractivity contribution in [2.45, 2.75) is 12.2 Å². The van der Waals surface area contributed by atoms with Crippen LogP contribution in [0.25, 0.3) is 10.9 Å². The maximum absolute atomic E-state index is 13.0. The Labute approximate surface area is 102 Å². The zero-order valence-electron chi connectivity index (χ0n) is 9.55. The van der Waals surface area contributed by atoms with Crippen molar-refractivity contribution in [3.05, 3.63) is 35.8 Å². The number of fused-ring (bicyclic) bond motifs is 1. The van der Waals surface area contributed by atoms with Crippen molar-refractivity contribution in [3.63, 3.8) is 0 Å². The third kappa shape index (κ3) is 2.07. The van der Waals surface area contributed by atoms with Crippen LogP contribution >= 0.6 is 0 Å². The van der Waals surface area contributed by atoms with E-state index in [0.717, 1.165) is 7.11 Å². The number of hydrogen-bond donors (Lipinski definition) is 3. The summed E-state index contributed by atoms with van der Waals surface area (Å²) in [5, 5.41) is 20.0. The van der Waals surface area contributed by atoms with E-state index in [1.807, 2.05) is 0 Å². The normalized spacial score (nSPS) is 14.4. The van der Waals surface area contributed by atoms with Crippen molar-refractivity contribution in [2.24, 2.45) is 0 Å². The van der Waals surface area contributed by atoms with Crippen molar-refractivity contribution in [3.8, 4) is 0 Å². The van der Waals surface area contributed by atoms with Gasteiger partial charge in [-0.25, -0.2) is 9.18 Å². The van der Waals surface area contributed by atoms with Gasteiger partial charge in [0.05, 0.1) is 7.11 Å². The van der Waals surface area contributed by atoms with E-state index >= 15 is 0 Å². The zero-order valence-corrected chi connectivity index (χ0v) is 9.55. The lowest BCUT2D eigenvalue weighted by molar-refractivity contribution is -0.156. The van der Waals surface area contributed by atoms with Crippen molar-refractivity contribution in [1.82, 2.24) is 4.98 Å². The molecule has 18 heavy (non-hydrogen) atoms. The van der Waals surface area contributed by atoms with Gasteiger partial charge in [-0.15, -0.1) is 0 Å². The summed E-state index contributed by atoms with van der Waals surface area (Å²) in [5.74, 6) is -1.35. The van der Waals surface area contributed by atoms with Crippen molar-refractivity contribution in [1.29, 1.82) is 0 Å². The molecule has 1 aromatic heterocycles. The van der Waals surface area contributed by atoms with Crippen LogP contribution in [0.2, 0.25) is 0 Å². The minimum atomic E-state index is -1.68. The molecule has 0 aliphatic heterocycles. The van der Waals surface area contributed by atoms with Gasteiger partial charge in [-0.05, 0) is 18.2 Å². The highest BCUT2D eigenvalue weighted by Crippen LogP contribution is 2.27. The molecule has 0 spiro atoms. The number of methoxy groups -OCH3 is 1. The van der Waals surface area contributed by atoms with Crippen molar-refractivity contribution < 1.29 is 24.1 Å². The third-order valence-electron chi connectivity index (χ3n) is 2.74. The molecule has 0 bridgehead atoms. The molecule has 0 saturated heterocycles. The van der Waals surface area contributed by atoms with Gasteiger partial charge in [-0.1, -0.05) is 0 Å². The van der Waals surface area contributed by atoms with Crippen LogP contribution in [0.15, 0.2) is 24.4 Å². The Morgan fingerprint density at radius 1 is 1.44 bits per heavy atom. The summed E-state index contributed by atoms with van der Waals surface area (Å²) >= 11 is 0. The third-order valence-corrected chi connectivity index (χ3v) is 2.74. The van der Waals surface area contributed by atoms with Gasteiger partial charge in [0, 0.05) is 22.7 Å². The highest BCUT2D eigenvalue weighted by Gasteiger charge is 2.28. The molecule has 0 saturated carbocycles. The van der Waals surface area contributed by atoms with Gasteiger partial charge in [-0.2, -0.15) is 0 Å². The van der Waals surface area contributed by atoms with Gasteiger partial charge >= 0.3 is 5.97 Å². The molecule has 5 nitrogen and oxygen atoms in total. The number of aliphatic hydroxyl groups excluding tert-OH is 2. The molecule has 3 N–H and O–H groups in total. The molecule has 0 aliphatic rings. The number of aromatic nitrogens is 1. The lowest BCUT2D eigenvalue weighted by Gasteiger charge is -2.14. The van der Waals surface area contributed by atoms with Gasteiger partial charge in [-0.3, -0.25) is 0 Å². The van der Waals surface area contributed by atoms with E-state index in [2.05, 4.69) is 9.72 Å². The molecule has 0 amide bonds. The molecule has 0 aliphatic carbocycles. The number of rotatable bonds is 3. The molecule has 2 aromatic rings. The lowest BCUT2D eigenvalue weighted by atomic mass is 10.0. The smallest absolute Gasteiger partial charge is 0.337 e. The number of nitrogens with one attached hydrogen (secondary N) is 1. The summed E-state index contributed by atoms with van der Waals surface area (Å²) < 4.78 is 17.3. The van der Waals surface area contributed by atoms with Gasteiger partial charge < -0.3 is 19.9 Å². The Hall–Kier alpha value is -1.92. The molecular formula is C12H12FNO4. The highest BCUT2D eigenvalue weighted by molar-refractivity contribution is 5.85. The van der Waals surface area contributed by atoms with Crippen molar-refractivity contribution >= 4 is 16.9 Å². The Morgan fingerprint density at radius 2 is 2.17 bits per heavy atom. The summed E-state index contributed by atoms with van der Waals surface area (Å²) in [4.78, 5) is 13.9. The SMILES string of the molecule is COC(=O)C(O)C(O)c1c[nH]c2cc(F)ccc12. The summed E-state index contributed by atoms with van der Waals surface area (Å²) in [6, 6.07) is 3.96. The van der Waals surface area contributed by atoms with E-state index in [-0.39, 0.29) is 0 Å². The van der Waals surface area contributed by atoms with Crippen LogP contribution in [0.3, 0.4) is 0 Å². The average molecular weight is 253 g/mol. The second kappa shape index (κ2) is 4.75. The fraction of sp³-hybridized carbons (Fsp3) is 0.250. The molecule has 2 atom stereocenters. The maximum atomic E-state index is 13.0. The summed E-state index contributed by atoms with van der Waals surface area (Å²) in [6.45, 7) is 0. The number of benzene rings is 1.